The molecular formula is C20H19N3O3S. The third-order valence-electron chi connectivity index (χ3n) is 4.19. The summed E-state index contributed by atoms with van der Waals surface area (Å²) in [6.07, 6.45) is 0. The second-order valence-corrected chi connectivity index (χ2v) is 7.08. The molecule has 0 aliphatic rings. The Hall–Kier alpha value is -3.19. The molecule has 0 aliphatic carbocycles. The number of anilines is 1. The summed E-state index contributed by atoms with van der Waals surface area (Å²) in [5, 5.41) is 5.39. The standard InChI is InChI=1S/C20H19N3O3S/c1-25-19-9-13(4-7-18(19)26-12-15-3-2-8-27-15)11-21-14-5-6-16-17(10-14)23-20(24)22-16/h2-10,21H,11-12H2,1H3,(H2,22,23,24). The largest absolute Gasteiger partial charge is 0.493 e. The highest BCUT2D eigenvalue weighted by atomic mass is 32.1. The molecule has 7 heteroatoms. The van der Waals surface area contributed by atoms with E-state index >= 15 is 0 Å². The first kappa shape index (κ1) is 17.2. The molecule has 2 aromatic carbocycles. The number of rotatable bonds is 7. The molecule has 0 amide bonds. The van der Waals surface area contributed by atoms with Crippen molar-refractivity contribution in [1.82, 2.24) is 9.97 Å². The van der Waals surface area contributed by atoms with E-state index in [0.717, 1.165) is 28.0 Å². The van der Waals surface area contributed by atoms with Gasteiger partial charge in [0.15, 0.2) is 11.5 Å². The van der Waals surface area contributed by atoms with Crippen LogP contribution >= 0.6 is 11.3 Å². The maximum absolute atomic E-state index is 11.4. The maximum atomic E-state index is 11.4. The first-order valence-electron chi connectivity index (χ1n) is 8.49. The third kappa shape index (κ3) is 3.98. The lowest BCUT2D eigenvalue weighted by Crippen LogP contribution is -2.01. The summed E-state index contributed by atoms with van der Waals surface area (Å²) in [5.74, 6) is 1.43. The molecule has 0 fully saturated rings. The van der Waals surface area contributed by atoms with E-state index in [1.165, 1.54) is 4.88 Å². The zero-order chi connectivity index (χ0) is 18.6. The zero-order valence-corrected chi connectivity index (χ0v) is 15.6. The number of nitrogens with one attached hydrogen (secondary N) is 3. The van der Waals surface area contributed by atoms with Gasteiger partial charge in [0.2, 0.25) is 0 Å². The smallest absolute Gasteiger partial charge is 0.323 e. The predicted octanol–water partition coefficient (Wildman–Crippen LogP) is 4.12. The van der Waals surface area contributed by atoms with Crippen molar-refractivity contribution in [3.8, 4) is 11.5 Å². The molecule has 0 aliphatic heterocycles. The number of ether oxygens (including phenoxy) is 2. The molecule has 3 N–H and O–H groups in total. The van der Waals surface area contributed by atoms with Crippen LogP contribution in [-0.4, -0.2) is 17.1 Å². The van der Waals surface area contributed by atoms with Crippen molar-refractivity contribution in [3.05, 3.63) is 74.8 Å². The van der Waals surface area contributed by atoms with Crippen LogP contribution in [0.5, 0.6) is 11.5 Å². The van der Waals surface area contributed by atoms with E-state index in [2.05, 4.69) is 15.3 Å². The number of imidazole rings is 1. The van der Waals surface area contributed by atoms with Crippen molar-refractivity contribution in [2.75, 3.05) is 12.4 Å². The molecule has 0 radical (unpaired) electrons. The number of fused-ring (bicyclic) bond motifs is 1. The number of benzene rings is 2. The molecule has 4 aromatic rings. The highest BCUT2D eigenvalue weighted by molar-refractivity contribution is 7.09. The van der Waals surface area contributed by atoms with E-state index in [0.29, 0.717) is 18.9 Å². The number of thiophene rings is 1. The summed E-state index contributed by atoms with van der Waals surface area (Å²) in [4.78, 5) is 18.0. The van der Waals surface area contributed by atoms with Crippen LogP contribution < -0.4 is 20.5 Å². The van der Waals surface area contributed by atoms with Crippen molar-refractivity contribution >= 4 is 28.1 Å². The molecule has 0 atom stereocenters. The summed E-state index contributed by atoms with van der Waals surface area (Å²) in [6, 6.07) is 15.7. The highest BCUT2D eigenvalue weighted by Gasteiger charge is 2.07. The van der Waals surface area contributed by atoms with Gasteiger partial charge in [-0.1, -0.05) is 12.1 Å². The van der Waals surface area contributed by atoms with Crippen molar-refractivity contribution in [2.24, 2.45) is 0 Å². The fourth-order valence-electron chi connectivity index (χ4n) is 2.83. The van der Waals surface area contributed by atoms with Gasteiger partial charge < -0.3 is 24.8 Å². The Labute approximate surface area is 159 Å². The van der Waals surface area contributed by atoms with E-state index in [-0.39, 0.29) is 5.69 Å². The molecule has 27 heavy (non-hydrogen) atoms. The van der Waals surface area contributed by atoms with E-state index in [1.54, 1.807) is 18.4 Å². The van der Waals surface area contributed by atoms with E-state index in [1.807, 2.05) is 53.9 Å². The molecule has 138 valence electrons. The molecule has 2 aromatic heterocycles. The Balaban J connectivity index is 1.44. The van der Waals surface area contributed by atoms with Crippen LogP contribution in [0.2, 0.25) is 0 Å². The zero-order valence-electron chi connectivity index (χ0n) is 14.7. The normalized spacial score (nSPS) is 10.9. The molecule has 6 nitrogen and oxygen atoms in total. The van der Waals surface area contributed by atoms with Gasteiger partial charge in [-0.3, -0.25) is 0 Å². The third-order valence-corrected chi connectivity index (χ3v) is 5.04. The van der Waals surface area contributed by atoms with Crippen LogP contribution in [0.4, 0.5) is 5.69 Å². The average Bonchev–Trinajstić information content (AvgIpc) is 3.33. The number of H-pyrrole nitrogens is 2. The van der Waals surface area contributed by atoms with Crippen LogP contribution in [0, 0.1) is 0 Å². The predicted molar refractivity (Wildman–Crippen MR) is 108 cm³/mol. The van der Waals surface area contributed by atoms with Crippen LogP contribution in [0.15, 0.2) is 58.7 Å². The minimum atomic E-state index is -0.204. The Morgan fingerprint density at radius 3 is 2.74 bits per heavy atom. The van der Waals surface area contributed by atoms with Crippen molar-refractivity contribution < 1.29 is 9.47 Å². The Bertz CT molecular complexity index is 1100. The Morgan fingerprint density at radius 1 is 1.04 bits per heavy atom. The molecule has 0 bridgehead atoms. The van der Waals surface area contributed by atoms with E-state index in [4.69, 9.17) is 9.47 Å². The Morgan fingerprint density at radius 2 is 1.93 bits per heavy atom. The number of aromatic nitrogens is 2. The van der Waals surface area contributed by atoms with Gasteiger partial charge >= 0.3 is 5.69 Å². The van der Waals surface area contributed by atoms with Gasteiger partial charge in [-0.2, -0.15) is 0 Å². The molecular weight excluding hydrogens is 362 g/mol. The van der Waals surface area contributed by atoms with Gasteiger partial charge in [0.25, 0.3) is 0 Å². The number of aromatic amines is 2. The molecule has 0 spiro atoms. The van der Waals surface area contributed by atoms with Crippen LogP contribution in [0.25, 0.3) is 11.0 Å². The van der Waals surface area contributed by atoms with Crippen molar-refractivity contribution in [3.63, 3.8) is 0 Å². The quantitative estimate of drug-likeness (QED) is 0.450. The lowest BCUT2D eigenvalue weighted by atomic mass is 10.2. The van der Waals surface area contributed by atoms with Crippen LogP contribution in [0.1, 0.15) is 10.4 Å². The topological polar surface area (TPSA) is 79.1 Å². The van der Waals surface area contributed by atoms with Gasteiger partial charge in [0.1, 0.15) is 6.61 Å². The summed E-state index contributed by atoms with van der Waals surface area (Å²) in [7, 11) is 1.64. The molecule has 2 heterocycles. The van der Waals surface area contributed by atoms with Gasteiger partial charge in [-0.05, 0) is 47.3 Å². The van der Waals surface area contributed by atoms with Gasteiger partial charge in [-0.25, -0.2) is 4.79 Å². The van der Waals surface area contributed by atoms with Crippen molar-refractivity contribution in [1.29, 1.82) is 0 Å². The summed E-state index contributed by atoms with van der Waals surface area (Å²) in [5.41, 5.74) is 3.36. The number of methoxy groups -OCH3 is 1. The monoisotopic (exact) mass is 381 g/mol. The minimum Gasteiger partial charge on any atom is -0.493 e. The fraction of sp³-hybridized carbons (Fsp3) is 0.150. The van der Waals surface area contributed by atoms with Gasteiger partial charge in [0.05, 0.1) is 18.1 Å². The van der Waals surface area contributed by atoms with Crippen LogP contribution in [0.3, 0.4) is 0 Å². The second-order valence-electron chi connectivity index (χ2n) is 6.05. The highest BCUT2D eigenvalue weighted by Crippen LogP contribution is 2.29. The van der Waals surface area contributed by atoms with Crippen molar-refractivity contribution in [2.45, 2.75) is 13.2 Å². The fourth-order valence-corrected chi connectivity index (χ4v) is 3.45. The molecule has 0 saturated carbocycles. The van der Waals surface area contributed by atoms with Crippen LogP contribution in [-0.2, 0) is 13.2 Å². The molecule has 0 unspecified atom stereocenters. The molecule has 4 rings (SSSR count). The van der Waals surface area contributed by atoms with Gasteiger partial charge in [-0.15, -0.1) is 11.3 Å². The number of hydrogen-bond donors (Lipinski definition) is 3. The SMILES string of the molecule is COc1cc(CNc2ccc3[nH]c(=O)[nH]c3c2)ccc1OCc1cccs1. The summed E-state index contributed by atoms with van der Waals surface area (Å²) in [6.45, 7) is 1.15. The molecule has 0 saturated heterocycles. The second kappa shape index (κ2) is 7.59. The first-order chi connectivity index (χ1) is 13.2. The lowest BCUT2D eigenvalue weighted by Gasteiger charge is -2.12. The maximum Gasteiger partial charge on any atom is 0.323 e. The average molecular weight is 381 g/mol. The lowest BCUT2D eigenvalue weighted by molar-refractivity contribution is 0.287. The van der Waals surface area contributed by atoms with E-state index < -0.39 is 0 Å². The minimum absolute atomic E-state index is 0.204. The number of hydrogen-bond acceptors (Lipinski definition) is 5. The summed E-state index contributed by atoms with van der Waals surface area (Å²) < 4.78 is 11.3. The first-order valence-corrected chi connectivity index (χ1v) is 9.37. The van der Waals surface area contributed by atoms with E-state index in [9.17, 15) is 4.79 Å². The summed E-state index contributed by atoms with van der Waals surface area (Å²) >= 11 is 1.67. The van der Waals surface area contributed by atoms with Gasteiger partial charge in [0, 0.05) is 17.1 Å². The Kier molecular flexibility index (Phi) is 4.84.